The van der Waals surface area contributed by atoms with Crippen molar-refractivity contribution in [1.29, 1.82) is 0 Å². The van der Waals surface area contributed by atoms with Crippen LogP contribution in [-0.2, 0) is 8.98 Å². The van der Waals surface area contributed by atoms with Crippen LogP contribution in [0.4, 0.5) is 0 Å². The van der Waals surface area contributed by atoms with Gasteiger partial charge in [0.15, 0.2) is 0 Å². The van der Waals surface area contributed by atoms with Gasteiger partial charge in [0.05, 0.1) is 19.8 Å². The summed E-state index contributed by atoms with van der Waals surface area (Å²) in [7, 11) is -2.40. The standard InChI is InChI=1S/C34H46O5S/c1-5-9-25-36-28-13-19-31(20-14-28)40(39-34(35)12-8-4,32-21-15-29(16-22-32)37-26-10-6-2)33-23-17-30(18-24-33)38-27-11-7-3/h13-24H,5-12,25-27H2,1-4H3. The second-order valence-electron chi connectivity index (χ2n) is 9.78. The van der Waals surface area contributed by atoms with Gasteiger partial charge in [-0.3, -0.25) is 4.79 Å². The number of carbonyl (C=O) groups is 1. The molecule has 40 heavy (non-hydrogen) atoms. The first-order valence-corrected chi connectivity index (χ1v) is 16.4. The van der Waals surface area contributed by atoms with Crippen molar-refractivity contribution in [3.8, 4) is 17.2 Å². The zero-order valence-corrected chi connectivity index (χ0v) is 25.5. The van der Waals surface area contributed by atoms with E-state index in [0.29, 0.717) is 32.7 Å². The second-order valence-corrected chi connectivity index (χ2v) is 12.5. The van der Waals surface area contributed by atoms with Crippen molar-refractivity contribution in [2.24, 2.45) is 0 Å². The summed E-state index contributed by atoms with van der Waals surface area (Å²) in [5.74, 6) is 2.21. The van der Waals surface area contributed by atoms with Crippen LogP contribution < -0.4 is 14.2 Å². The SMILES string of the molecule is CCCCOc1ccc(S(OC(=O)CCC)(c2ccc(OCCCC)cc2)c2ccc(OCCCC)cc2)cc1. The Balaban J connectivity index is 2.09. The largest absolute Gasteiger partial charge is 0.494 e. The van der Waals surface area contributed by atoms with Crippen molar-refractivity contribution in [3.63, 3.8) is 0 Å². The van der Waals surface area contributed by atoms with Crippen LogP contribution in [0.5, 0.6) is 17.2 Å². The molecule has 0 spiro atoms. The van der Waals surface area contributed by atoms with E-state index >= 15 is 0 Å². The Morgan fingerprint density at radius 2 is 0.850 bits per heavy atom. The Labute approximate surface area is 242 Å². The minimum atomic E-state index is -2.40. The van der Waals surface area contributed by atoms with Gasteiger partial charge in [0.1, 0.15) is 17.2 Å². The fourth-order valence-corrected chi connectivity index (χ4v) is 7.15. The average molecular weight is 567 g/mol. The first-order valence-electron chi connectivity index (χ1n) is 14.8. The maximum absolute atomic E-state index is 13.2. The molecule has 0 saturated carbocycles. The van der Waals surface area contributed by atoms with E-state index in [9.17, 15) is 4.79 Å². The van der Waals surface area contributed by atoms with Gasteiger partial charge in [-0.05, 0) is 109 Å². The summed E-state index contributed by atoms with van der Waals surface area (Å²) in [6.45, 7) is 10.5. The summed E-state index contributed by atoms with van der Waals surface area (Å²) in [5, 5.41) is 0. The van der Waals surface area contributed by atoms with Crippen LogP contribution in [0.15, 0.2) is 87.5 Å². The molecule has 0 aromatic heterocycles. The summed E-state index contributed by atoms with van der Waals surface area (Å²) in [5.41, 5.74) is 0. The number of unbranched alkanes of at least 4 members (excludes halogenated alkanes) is 3. The smallest absolute Gasteiger partial charge is 0.317 e. The van der Waals surface area contributed by atoms with Crippen LogP contribution in [0.2, 0.25) is 0 Å². The third kappa shape index (κ3) is 8.69. The summed E-state index contributed by atoms with van der Waals surface area (Å²) in [6.07, 6.45) is 7.32. The van der Waals surface area contributed by atoms with Crippen molar-refractivity contribution in [2.45, 2.75) is 93.7 Å². The molecule has 0 aliphatic heterocycles. The van der Waals surface area contributed by atoms with Gasteiger partial charge in [0.25, 0.3) is 0 Å². The predicted molar refractivity (Wildman–Crippen MR) is 164 cm³/mol. The Kier molecular flexibility index (Phi) is 13.2. The minimum Gasteiger partial charge on any atom is -0.494 e. The third-order valence-corrected chi connectivity index (χ3v) is 9.68. The number of rotatable bonds is 18. The maximum atomic E-state index is 13.2. The molecule has 218 valence electrons. The first kappa shape index (κ1) is 31.4. The molecule has 0 aliphatic carbocycles. The van der Waals surface area contributed by atoms with E-state index in [2.05, 4.69) is 20.8 Å². The third-order valence-electron chi connectivity index (χ3n) is 6.44. The van der Waals surface area contributed by atoms with E-state index < -0.39 is 10.3 Å². The summed E-state index contributed by atoms with van der Waals surface area (Å²) in [4.78, 5) is 16.0. The van der Waals surface area contributed by atoms with Crippen molar-refractivity contribution < 1.29 is 23.2 Å². The van der Waals surface area contributed by atoms with Gasteiger partial charge in [-0.1, -0.05) is 47.0 Å². The van der Waals surface area contributed by atoms with Gasteiger partial charge >= 0.3 is 5.97 Å². The lowest BCUT2D eigenvalue weighted by Crippen LogP contribution is -2.13. The van der Waals surface area contributed by atoms with Crippen molar-refractivity contribution in [3.05, 3.63) is 72.8 Å². The molecule has 0 radical (unpaired) electrons. The molecule has 0 N–H and O–H groups in total. The van der Waals surface area contributed by atoms with Gasteiger partial charge in [0, 0.05) is 21.1 Å². The Hall–Kier alpha value is -3.12. The predicted octanol–water partition coefficient (Wildman–Crippen LogP) is 9.76. The highest BCUT2D eigenvalue weighted by Gasteiger charge is 2.36. The summed E-state index contributed by atoms with van der Waals surface area (Å²) in [6, 6.07) is 24.1. The molecule has 0 fully saturated rings. The first-order chi connectivity index (χ1) is 19.6. The van der Waals surface area contributed by atoms with Gasteiger partial charge < -0.3 is 18.4 Å². The van der Waals surface area contributed by atoms with Crippen LogP contribution in [-0.4, -0.2) is 25.8 Å². The van der Waals surface area contributed by atoms with Crippen LogP contribution in [0.1, 0.15) is 79.1 Å². The lowest BCUT2D eigenvalue weighted by Gasteiger charge is -2.40. The fourth-order valence-electron chi connectivity index (χ4n) is 4.12. The van der Waals surface area contributed by atoms with E-state index in [1.807, 2.05) is 79.7 Å². The van der Waals surface area contributed by atoms with Crippen molar-refractivity contribution in [1.82, 2.24) is 0 Å². The number of hydrogen-bond acceptors (Lipinski definition) is 5. The summed E-state index contributed by atoms with van der Waals surface area (Å²) >= 11 is 0. The molecule has 6 heteroatoms. The van der Waals surface area contributed by atoms with Gasteiger partial charge in [-0.25, -0.2) is 0 Å². The van der Waals surface area contributed by atoms with Gasteiger partial charge in [0.2, 0.25) is 0 Å². The lowest BCUT2D eigenvalue weighted by molar-refractivity contribution is -0.133. The number of benzene rings is 3. The van der Waals surface area contributed by atoms with Gasteiger partial charge in [-0.15, -0.1) is 0 Å². The molecule has 0 atom stereocenters. The molecule has 0 saturated heterocycles. The van der Waals surface area contributed by atoms with E-state index in [1.165, 1.54) is 0 Å². The highest BCUT2D eigenvalue weighted by atomic mass is 32.3. The van der Waals surface area contributed by atoms with Gasteiger partial charge in [-0.2, -0.15) is 0 Å². The van der Waals surface area contributed by atoms with Crippen molar-refractivity contribution in [2.75, 3.05) is 19.8 Å². The summed E-state index contributed by atoms with van der Waals surface area (Å²) < 4.78 is 24.4. The molecular formula is C34H46O5S. The molecule has 0 amide bonds. The average Bonchev–Trinajstić information content (AvgIpc) is 2.98. The number of ether oxygens (including phenoxy) is 3. The van der Waals surface area contributed by atoms with Crippen LogP contribution in [0, 0.1) is 0 Å². The Bertz CT molecular complexity index is 997. The van der Waals surface area contributed by atoms with Crippen LogP contribution in [0.25, 0.3) is 0 Å². The molecule has 3 rings (SSSR count). The van der Waals surface area contributed by atoms with Crippen molar-refractivity contribution >= 4 is 16.3 Å². The maximum Gasteiger partial charge on any atom is 0.317 e. The molecule has 0 unspecified atom stereocenters. The Morgan fingerprint density at radius 3 is 1.12 bits per heavy atom. The Morgan fingerprint density at radius 1 is 0.525 bits per heavy atom. The van der Waals surface area contributed by atoms with Crippen LogP contribution >= 0.6 is 10.3 Å². The quantitative estimate of drug-likeness (QED) is 0.143. The molecule has 0 aliphatic rings. The molecule has 3 aromatic carbocycles. The molecular weight excluding hydrogens is 520 g/mol. The van der Waals surface area contributed by atoms with E-state index in [4.69, 9.17) is 18.4 Å². The number of hydrogen-bond donors (Lipinski definition) is 0. The monoisotopic (exact) mass is 566 g/mol. The van der Waals surface area contributed by atoms with E-state index in [-0.39, 0.29) is 5.97 Å². The van der Waals surface area contributed by atoms with Crippen LogP contribution in [0.3, 0.4) is 0 Å². The zero-order chi connectivity index (χ0) is 28.6. The molecule has 5 nitrogen and oxygen atoms in total. The molecule has 0 bridgehead atoms. The lowest BCUT2D eigenvalue weighted by atomic mass is 10.3. The molecule has 0 heterocycles. The molecule has 3 aromatic rings. The number of carbonyl (C=O) groups excluding carboxylic acids is 1. The normalized spacial score (nSPS) is 11.6. The highest BCUT2D eigenvalue weighted by molar-refractivity contribution is 8.30. The second kappa shape index (κ2) is 16.9. The minimum absolute atomic E-state index is 0.215. The zero-order valence-electron chi connectivity index (χ0n) is 24.7. The fraction of sp³-hybridized carbons (Fsp3) is 0.441. The van der Waals surface area contributed by atoms with E-state index in [0.717, 1.165) is 70.5 Å². The van der Waals surface area contributed by atoms with E-state index in [1.54, 1.807) is 0 Å². The highest BCUT2D eigenvalue weighted by Crippen LogP contribution is 2.69. The topological polar surface area (TPSA) is 54.0 Å².